The smallest absolute Gasteiger partial charge is 0.228 e. The maximum atomic E-state index is 11.7. The van der Waals surface area contributed by atoms with Crippen molar-refractivity contribution in [2.24, 2.45) is 5.92 Å². The predicted octanol–water partition coefficient (Wildman–Crippen LogP) is 4.24. The molecule has 0 aliphatic heterocycles. The second-order valence-corrected chi connectivity index (χ2v) is 6.27. The molecule has 1 N–H and O–H groups in total. The van der Waals surface area contributed by atoms with E-state index in [-0.39, 0.29) is 11.8 Å². The molecule has 0 saturated heterocycles. The maximum absolute atomic E-state index is 11.7. The van der Waals surface area contributed by atoms with Crippen molar-refractivity contribution in [1.82, 2.24) is 9.78 Å². The lowest BCUT2D eigenvalue weighted by Crippen LogP contribution is -2.14. The molecule has 0 unspecified atom stereocenters. The third kappa shape index (κ3) is 3.51. The highest BCUT2D eigenvalue weighted by atomic mass is 35.5. The fourth-order valence-electron chi connectivity index (χ4n) is 1.95. The summed E-state index contributed by atoms with van der Waals surface area (Å²) in [4.78, 5) is 11.7. The number of nitrogens with zero attached hydrogens (tertiary/aromatic N) is 2. The van der Waals surface area contributed by atoms with Crippen LogP contribution in [0.2, 0.25) is 15.1 Å². The summed E-state index contributed by atoms with van der Waals surface area (Å²) >= 11 is 18.1. The van der Waals surface area contributed by atoms with E-state index < -0.39 is 0 Å². The normalized spacial score (nSPS) is 14.2. The van der Waals surface area contributed by atoms with Crippen molar-refractivity contribution in [3.63, 3.8) is 0 Å². The van der Waals surface area contributed by atoms with Crippen LogP contribution in [0.1, 0.15) is 18.4 Å². The summed E-state index contributed by atoms with van der Waals surface area (Å²) < 4.78 is 1.64. The Morgan fingerprint density at radius 3 is 2.71 bits per heavy atom. The molecule has 2 aromatic rings. The summed E-state index contributed by atoms with van der Waals surface area (Å²) in [5, 5.41) is 8.59. The average molecular weight is 345 g/mol. The summed E-state index contributed by atoms with van der Waals surface area (Å²) in [6, 6.07) is 5.28. The zero-order chi connectivity index (χ0) is 15.0. The Morgan fingerprint density at radius 1 is 1.29 bits per heavy atom. The number of hydrogen-bond acceptors (Lipinski definition) is 2. The van der Waals surface area contributed by atoms with Crippen LogP contribution in [0.4, 0.5) is 5.82 Å². The molecule has 110 valence electrons. The molecule has 1 fully saturated rings. The van der Waals surface area contributed by atoms with Crippen LogP contribution in [-0.4, -0.2) is 15.7 Å². The SMILES string of the molecule is O=C(Nc1nn(Cc2ccc(Cl)cc2Cl)cc1Cl)C1CC1. The van der Waals surface area contributed by atoms with Gasteiger partial charge in [-0.25, -0.2) is 0 Å². The van der Waals surface area contributed by atoms with Crippen molar-refractivity contribution < 1.29 is 4.79 Å². The molecule has 3 rings (SSSR count). The molecule has 21 heavy (non-hydrogen) atoms. The highest BCUT2D eigenvalue weighted by molar-refractivity contribution is 6.35. The van der Waals surface area contributed by atoms with Gasteiger partial charge in [0.05, 0.1) is 6.54 Å². The van der Waals surface area contributed by atoms with E-state index in [2.05, 4.69) is 10.4 Å². The molecule has 0 spiro atoms. The molecule has 1 saturated carbocycles. The predicted molar refractivity (Wildman–Crippen MR) is 84.2 cm³/mol. The van der Waals surface area contributed by atoms with Gasteiger partial charge < -0.3 is 5.32 Å². The number of nitrogens with one attached hydrogen (secondary N) is 1. The molecule has 1 amide bonds. The molecular weight excluding hydrogens is 333 g/mol. The monoisotopic (exact) mass is 343 g/mol. The summed E-state index contributed by atoms with van der Waals surface area (Å²) in [6.07, 6.45) is 3.53. The van der Waals surface area contributed by atoms with Crippen LogP contribution in [-0.2, 0) is 11.3 Å². The van der Waals surface area contributed by atoms with Gasteiger partial charge in [-0.05, 0) is 30.5 Å². The van der Waals surface area contributed by atoms with Crippen LogP contribution in [0.5, 0.6) is 0 Å². The number of hydrogen-bond donors (Lipinski definition) is 1. The number of anilines is 1. The maximum Gasteiger partial charge on any atom is 0.228 e. The van der Waals surface area contributed by atoms with Gasteiger partial charge in [0.2, 0.25) is 5.91 Å². The third-order valence-corrected chi connectivity index (χ3v) is 4.12. The molecular formula is C14H12Cl3N3O. The number of halogens is 3. The molecule has 1 heterocycles. The van der Waals surface area contributed by atoms with E-state index in [1.807, 2.05) is 6.07 Å². The second-order valence-electron chi connectivity index (χ2n) is 5.02. The van der Waals surface area contributed by atoms with E-state index in [0.717, 1.165) is 18.4 Å². The molecule has 1 aromatic heterocycles. The average Bonchev–Trinajstić information content (AvgIpc) is 3.20. The molecule has 0 atom stereocenters. The first-order valence-corrected chi connectivity index (χ1v) is 7.64. The van der Waals surface area contributed by atoms with Crippen LogP contribution in [0.3, 0.4) is 0 Å². The minimum atomic E-state index is -0.0216. The van der Waals surface area contributed by atoms with E-state index in [1.54, 1.807) is 23.0 Å². The Kier molecular flexibility index (Phi) is 4.11. The Hall–Kier alpha value is -1.23. The summed E-state index contributed by atoms with van der Waals surface area (Å²) in [6.45, 7) is 0.453. The van der Waals surface area contributed by atoms with Crippen LogP contribution < -0.4 is 5.32 Å². The molecule has 4 nitrogen and oxygen atoms in total. The number of aromatic nitrogens is 2. The van der Waals surface area contributed by atoms with Crippen molar-refractivity contribution in [3.05, 3.63) is 45.0 Å². The molecule has 0 bridgehead atoms. The quantitative estimate of drug-likeness (QED) is 0.901. The zero-order valence-electron chi connectivity index (χ0n) is 10.9. The number of benzene rings is 1. The van der Waals surface area contributed by atoms with E-state index in [9.17, 15) is 4.79 Å². The van der Waals surface area contributed by atoms with Gasteiger partial charge in [0, 0.05) is 22.2 Å². The Bertz CT molecular complexity index is 695. The third-order valence-electron chi connectivity index (χ3n) is 3.25. The Morgan fingerprint density at radius 2 is 2.05 bits per heavy atom. The lowest BCUT2D eigenvalue weighted by Gasteiger charge is -2.05. The standard InChI is InChI=1S/C14H12Cl3N3O/c15-10-4-3-9(11(16)5-10)6-20-7-12(17)13(19-20)18-14(21)8-1-2-8/h3-5,7-8H,1-2,6H2,(H,18,19,21). The second kappa shape index (κ2) is 5.87. The van der Waals surface area contributed by atoms with Gasteiger partial charge in [-0.3, -0.25) is 9.48 Å². The number of rotatable bonds is 4. The summed E-state index contributed by atoms with van der Waals surface area (Å²) in [5.74, 6) is 0.474. The van der Waals surface area contributed by atoms with E-state index in [4.69, 9.17) is 34.8 Å². The fraction of sp³-hybridized carbons (Fsp3) is 0.286. The lowest BCUT2D eigenvalue weighted by molar-refractivity contribution is -0.117. The van der Waals surface area contributed by atoms with Crippen LogP contribution in [0.15, 0.2) is 24.4 Å². The van der Waals surface area contributed by atoms with Gasteiger partial charge in [0.1, 0.15) is 5.02 Å². The van der Waals surface area contributed by atoms with Crippen molar-refractivity contribution >= 4 is 46.5 Å². The van der Waals surface area contributed by atoms with Gasteiger partial charge in [0.15, 0.2) is 5.82 Å². The Labute approximate surface area is 137 Å². The minimum Gasteiger partial charge on any atom is -0.308 e. The van der Waals surface area contributed by atoms with Crippen LogP contribution in [0.25, 0.3) is 0 Å². The van der Waals surface area contributed by atoms with Crippen LogP contribution in [0, 0.1) is 5.92 Å². The Balaban J connectivity index is 1.75. The van der Waals surface area contributed by atoms with Gasteiger partial charge in [-0.2, -0.15) is 5.10 Å². The van der Waals surface area contributed by atoms with Crippen molar-refractivity contribution in [1.29, 1.82) is 0 Å². The lowest BCUT2D eigenvalue weighted by atomic mass is 10.2. The summed E-state index contributed by atoms with van der Waals surface area (Å²) in [7, 11) is 0. The largest absolute Gasteiger partial charge is 0.308 e. The van der Waals surface area contributed by atoms with Crippen molar-refractivity contribution in [2.45, 2.75) is 19.4 Å². The van der Waals surface area contributed by atoms with Crippen LogP contribution >= 0.6 is 34.8 Å². The van der Waals surface area contributed by atoms with Crippen molar-refractivity contribution in [3.8, 4) is 0 Å². The van der Waals surface area contributed by atoms with Gasteiger partial charge in [-0.1, -0.05) is 40.9 Å². The molecule has 0 radical (unpaired) electrons. The van der Waals surface area contributed by atoms with Crippen molar-refractivity contribution in [2.75, 3.05) is 5.32 Å². The highest BCUT2D eigenvalue weighted by Crippen LogP contribution is 2.31. The fourth-order valence-corrected chi connectivity index (χ4v) is 2.62. The molecule has 1 aliphatic carbocycles. The topological polar surface area (TPSA) is 46.9 Å². The summed E-state index contributed by atoms with van der Waals surface area (Å²) in [5.41, 5.74) is 0.875. The highest BCUT2D eigenvalue weighted by Gasteiger charge is 2.30. The van der Waals surface area contributed by atoms with Gasteiger partial charge >= 0.3 is 0 Å². The van der Waals surface area contributed by atoms with E-state index >= 15 is 0 Å². The first-order chi connectivity index (χ1) is 10.0. The van der Waals surface area contributed by atoms with Gasteiger partial charge in [0.25, 0.3) is 0 Å². The van der Waals surface area contributed by atoms with Gasteiger partial charge in [-0.15, -0.1) is 0 Å². The first kappa shape index (κ1) is 14.7. The van der Waals surface area contributed by atoms with E-state index in [1.165, 1.54) is 0 Å². The minimum absolute atomic E-state index is 0.0216. The number of carbonyl (C=O) groups excluding carboxylic acids is 1. The molecule has 7 heteroatoms. The van der Waals surface area contributed by atoms with E-state index in [0.29, 0.717) is 27.4 Å². The molecule has 1 aromatic carbocycles. The number of carbonyl (C=O) groups is 1. The number of amides is 1. The zero-order valence-corrected chi connectivity index (χ0v) is 13.2. The molecule has 1 aliphatic rings. The first-order valence-electron chi connectivity index (χ1n) is 6.50.